The molecule has 2 amide bonds. The minimum atomic E-state index is -0.514. The maximum atomic E-state index is 13.5. The largest absolute Gasteiger partial charge is 0.497 e. The van der Waals surface area contributed by atoms with Crippen molar-refractivity contribution in [1.29, 1.82) is 0 Å². The van der Waals surface area contributed by atoms with Crippen LogP contribution in [0.4, 0.5) is 5.69 Å². The highest BCUT2D eigenvalue weighted by Gasteiger charge is 2.59. The van der Waals surface area contributed by atoms with Crippen LogP contribution in [0, 0.1) is 11.8 Å². The summed E-state index contributed by atoms with van der Waals surface area (Å²) in [5.74, 6) is -0.634. The number of methoxy groups -OCH3 is 1. The minimum absolute atomic E-state index is 0.178. The number of anilines is 1. The van der Waals surface area contributed by atoms with E-state index in [0.29, 0.717) is 5.69 Å². The number of pyridine rings is 1. The fourth-order valence-electron chi connectivity index (χ4n) is 4.59. The van der Waals surface area contributed by atoms with Gasteiger partial charge in [-0.15, -0.1) is 0 Å². The number of hydrogen-bond acceptors (Lipinski definition) is 5. The molecule has 150 valence electrons. The summed E-state index contributed by atoms with van der Waals surface area (Å²) in [7, 11) is 1.62. The molecular formula is C24H21N3O3. The monoisotopic (exact) mass is 399 g/mol. The smallest absolute Gasteiger partial charge is 0.239 e. The Morgan fingerprint density at radius 2 is 1.50 bits per heavy atom. The van der Waals surface area contributed by atoms with Gasteiger partial charge in [0.2, 0.25) is 11.8 Å². The lowest BCUT2D eigenvalue weighted by Crippen LogP contribution is -2.36. The van der Waals surface area contributed by atoms with Crippen molar-refractivity contribution in [3.05, 3.63) is 90.3 Å². The Balaban J connectivity index is 1.58. The molecule has 1 N–H and O–H groups in total. The number of fused-ring (bicyclic) bond motifs is 1. The molecule has 0 radical (unpaired) electrons. The molecule has 6 heteroatoms. The van der Waals surface area contributed by atoms with Crippen LogP contribution in [0.5, 0.6) is 5.75 Å². The van der Waals surface area contributed by atoms with E-state index < -0.39 is 11.8 Å². The molecule has 0 aliphatic carbocycles. The van der Waals surface area contributed by atoms with E-state index >= 15 is 0 Å². The molecular weight excluding hydrogens is 378 g/mol. The molecule has 2 fully saturated rings. The molecule has 2 aliphatic heterocycles. The molecule has 3 aromatic rings. The van der Waals surface area contributed by atoms with Crippen molar-refractivity contribution in [2.45, 2.75) is 12.1 Å². The molecule has 5 rings (SSSR count). The molecule has 3 heterocycles. The summed E-state index contributed by atoms with van der Waals surface area (Å²) in [6, 6.07) is 21.8. The highest BCUT2D eigenvalue weighted by molar-refractivity contribution is 6.22. The third-order valence-electron chi connectivity index (χ3n) is 5.97. The first kappa shape index (κ1) is 18.5. The first-order chi connectivity index (χ1) is 14.7. The number of rotatable bonds is 4. The summed E-state index contributed by atoms with van der Waals surface area (Å²) in [6.45, 7) is 0. The van der Waals surface area contributed by atoms with Crippen LogP contribution in [0.15, 0.2) is 79.0 Å². The van der Waals surface area contributed by atoms with E-state index in [1.54, 1.807) is 25.4 Å². The molecule has 0 saturated carbocycles. The van der Waals surface area contributed by atoms with Crippen molar-refractivity contribution in [3.8, 4) is 5.75 Å². The Morgan fingerprint density at radius 1 is 0.833 bits per heavy atom. The zero-order valence-electron chi connectivity index (χ0n) is 16.4. The molecule has 0 unspecified atom stereocenters. The fraction of sp³-hybridized carbons (Fsp3) is 0.208. The van der Waals surface area contributed by atoms with Gasteiger partial charge in [0, 0.05) is 12.2 Å². The highest BCUT2D eigenvalue weighted by atomic mass is 16.5. The highest BCUT2D eigenvalue weighted by Crippen LogP contribution is 2.50. The van der Waals surface area contributed by atoms with Gasteiger partial charge in [-0.1, -0.05) is 36.4 Å². The van der Waals surface area contributed by atoms with Gasteiger partial charge in [-0.05, 0) is 42.0 Å². The van der Waals surface area contributed by atoms with Crippen molar-refractivity contribution in [1.82, 2.24) is 10.3 Å². The second kappa shape index (κ2) is 7.39. The van der Waals surface area contributed by atoms with Crippen molar-refractivity contribution in [3.63, 3.8) is 0 Å². The van der Waals surface area contributed by atoms with Crippen LogP contribution in [0.3, 0.4) is 0 Å². The van der Waals surface area contributed by atoms with Crippen LogP contribution in [0.2, 0.25) is 0 Å². The number of ether oxygens (including phenoxy) is 1. The number of nitrogens with zero attached hydrogens (tertiary/aromatic N) is 2. The van der Waals surface area contributed by atoms with Gasteiger partial charge in [-0.2, -0.15) is 0 Å². The van der Waals surface area contributed by atoms with Crippen LogP contribution in [0.1, 0.15) is 23.3 Å². The second-order valence-electron chi connectivity index (χ2n) is 7.55. The SMILES string of the molecule is COc1ccc([C@@H]2N[C@H](c3ccccn3)[C@@H]3C(=O)N(c4ccccc4)C(=O)[C@@H]32)cc1. The zero-order chi connectivity index (χ0) is 20.7. The van der Waals surface area contributed by atoms with Crippen LogP contribution in [-0.2, 0) is 9.59 Å². The summed E-state index contributed by atoms with van der Waals surface area (Å²) in [6.07, 6.45) is 1.71. The molecule has 1 aromatic heterocycles. The standard InChI is InChI=1S/C24H21N3O3/c1-30-17-12-10-15(11-13-17)21-19-20(22(26-21)18-9-5-6-14-25-18)24(29)27(23(19)28)16-7-3-2-4-8-16/h2-14,19-22,26H,1H3/t19-,20+,21-,22+/m0/s1. The third-order valence-corrected chi connectivity index (χ3v) is 5.97. The molecule has 2 saturated heterocycles. The first-order valence-electron chi connectivity index (χ1n) is 9.93. The zero-order valence-corrected chi connectivity index (χ0v) is 16.4. The van der Waals surface area contributed by atoms with E-state index in [1.807, 2.05) is 60.7 Å². The number of aromatic nitrogens is 1. The molecule has 30 heavy (non-hydrogen) atoms. The quantitative estimate of drug-likeness (QED) is 0.682. The number of hydrogen-bond donors (Lipinski definition) is 1. The van der Waals surface area contributed by atoms with Crippen molar-refractivity contribution in [2.75, 3.05) is 12.0 Å². The molecule has 4 atom stereocenters. The van der Waals surface area contributed by atoms with Gasteiger partial charge in [0.05, 0.1) is 36.4 Å². The average molecular weight is 399 g/mol. The van der Waals surface area contributed by atoms with Crippen LogP contribution in [0.25, 0.3) is 0 Å². The number of carbonyl (C=O) groups is 2. The number of benzene rings is 2. The van der Waals surface area contributed by atoms with Gasteiger partial charge in [-0.25, -0.2) is 4.90 Å². The van der Waals surface area contributed by atoms with Crippen LogP contribution in [-0.4, -0.2) is 23.9 Å². The average Bonchev–Trinajstić information content (AvgIpc) is 3.32. The second-order valence-corrected chi connectivity index (χ2v) is 7.55. The molecule has 6 nitrogen and oxygen atoms in total. The van der Waals surface area contributed by atoms with Crippen molar-refractivity contribution < 1.29 is 14.3 Å². The Labute approximate surface area is 174 Å². The molecule has 0 spiro atoms. The summed E-state index contributed by atoms with van der Waals surface area (Å²) in [4.78, 5) is 32.8. The number of para-hydroxylation sites is 1. The Bertz CT molecular complexity index is 1070. The summed E-state index contributed by atoms with van der Waals surface area (Å²) >= 11 is 0. The van der Waals surface area contributed by atoms with Gasteiger partial charge in [-0.3, -0.25) is 14.6 Å². The lowest BCUT2D eigenvalue weighted by molar-refractivity contribution is -0.123. The number of nitrogens with one attached hydrogen (secondary N) is 1. The van der Waals surface area contributed by atoms with Crippen molar-refractivity contribution in [2.24, 2.45) is 11.8 Å². The van der Waals surface area contributed by atoms with E-state index in [2.05, 4.69) is 10.3 Å². The van der Waals surface area contributed by atoms with E-state index in [0.717, 1.165) is 17.0 Å². The van der Waals surface area contributed by atoms with Crippen LogP contribution < -0.4 is 15.0 Å². The van der Waals surface area contributed by atoms with Gasteiger partial charge in [0.1, 0.15) is 5.75 Å². The maximum Gasteiger partial charge on any atom is 0.239 e. The van der Waals surface area contributed by atoms with Gasteiger partial charge >= 0.3 is 0 Å². The predicted octanol–water partition coefficient (Wildman–Crippen LogP) is 3.28. The Hall–Kier alpha value is -3.51. The maximum absolute atomic E-state index is 13.5. The van der Waals surface area contributed by atoms with Crippen molar-refractivity contribution >= 4 is 17.5 Å². The van der Waals surface area contributed by atoms with Gasteiger partial charge in [0.25, 0.3) is 0 Å². The third kappa shape index (κ3) is 2.88. The lowest BCUT2D eigenvalue weighted by Gasteiger charge is -2.22. The summed E-state index contributed by atoms with van der Waals surface area (Å²) in [5.41, 5.74) is 2.31. The Morgan fingerprint density at radius 3 is 2.13 bits per heavy atom. The number of carbonyl (C=O) groups excluding carboxylic acids is 2. The Kier molecular flexibility index (Phi) is 4.56. The van der Waals surface area contributed by atoms with Gasteiger partial charge in [0.15, 0.2) is 0 Å². The van der Waals surface area contributed by atoms with Crippen LogP contribution >= 0.6 is 0 Å². The fourth-order valence-corrected chi connectivity index (χ4v) is 4.59. The van der Waals surface area contributed by atoms with E-state index in [4.69, 9.17) is 4.74 Å². The minimum Gasteiger partial charge on any atom is -0.497 e. The lowest BCUT2D eigenvalue weighted by atomic mass is 9.85. The summed E-state index contributed by atoms with van der Waals surface area (Å²) in [5, 5.41) is 3.52. The topological polar surface area (TPSA) is 71.5 Å². The van der Waals surface area contributed by atoms with Gasteiger partial charge < -0.3 is 10.1 Å². The predicted molar refractivity (Wildman–Crippen MR) is 112 cm³/mol. The summed E-state index contributed by atoms with van der Waals surface area (Å²) < 4.78 is 5.26. The molecule has 0 bridgehead atoms. The number of amides is 2. The first-order valence-corrected chi connectivity index (χ1v) is 9.93. The van der Waals surface area contributed by atoms with E-state index in [9.17, 15) is 9.59 Å². The normalized spacial score (nSPS) is 25.4. The molecule has 2 aromatic carbocycles. The van der Waals surface area contributed by atoms with E-state index in [-0.39, 0.29) is 23.9 Å². The number of imide groups is 1. The molecule has 2 aliphatic rings. The van der Waals surface area contributed by atoms with E-state index in [1.165, 1.54) is 4.90 Å².